The number of hydrogen-bond donors (Lipinski definition) is 1. The van der Waals surface area contributed by atoms with Crippen LogP contribution in [0.1, 0.15) is 28.8 Å². The molecule has 3 aromatic rings. The molecule has 6 nitrogen and oxygen atoms in total. The molecule has 0 bridgehead atoms. The zero-order valence-corrected chi connectivity index (χ0v) is 16.0. The molecule has 0 unspecified atom stereocenters. The summed E-state index contributed by atoms with van der Waals surface area (Å²) in [6.45, 7) is 2.80. The van der Waals surface area contributed by atoms with E-state index in [0.717, 1.165) is 53.2 Å². The number of carbonyl (C=O) groups is 1. The highest BCUT2D eigenvalue weighted by Gasteiger charge is 2.20. The second-order valence-electron chi connectivity index (χ2n) is 7.24. The van der Waals surface area contributed by atoms with Crippen LogP contribution in [0.15, 0.2) is 54.7 Å². The van der Waals surface area contributed by atoms with E-state index in [1.54, 1.807) is 13.2 Å². The maximum atomic E-state index is 12.7. The van der Waals surface area contributed by atoms with Crippen molar-refractivity contribution in [2.75, 3.05) is 26.9 Å². The third-order valence-electron chi connectivity index (χ3n) is 5.30. The molecule has 1 fully saturated rings. The van der Waals surface area contributed by atoms with Crippen molar-refractivity contribution in [2.45, 2.75) is 19.4 Å². The first-order chi connectivity index (χ1) is 13.6. The van der Waals surface area contributed by atoms with Crippen molar-refractivity contribution in [2.24, 2.45) is 0 Å². The summed E-state index contributed by atoms with van der Waals surface area (Å²) in [7, 11) is 1.65. The molecule has 28 heavy (non-hydrogen) atoms. The van der Waals surface area contributed by atoms with E-state index in [1.165, 1.54) is 0 Å². The van der Waals surface area contributed by atoms with Crippen molar-refractivity contribution in [1.29, 1.82) is 0 Å². The Balaban J connectivity index is 1.53. The second kappa shape index (κ2) is 8.04. The van der Waals surface area contributed by atoms with Crippen LogP contribution in [0.4, 0.5) is 0 Å². The molecule has 0 saturated carbocycles. The Hall–Kier alpha value is -2.83. The fraction of sp³-hybridized carbons (Fsp3) is 0.318. The molecular formula is C22H25N3O3. The summed E-state index contributed by atoms with van der Waals surface area (Å²) in [5.41, 5.74) is 2.60. The molecule has 2 aromatic carbocycles. The molecule has 0 radical (unpaired) electrons. The minimum absolute atomic E-state index is 0.254. The molecule has 1 aliphatic rings. The number of ether oxygens (including phenoxy) is 1. The zero-order valence-electron chi connectivity index (χ0n) is 16.0. The van der Waals surface area contributed by atoms with E-state index in [-0.39, 0.29) is 12.6 Å². The first-order valence-corrected chi connectivity index (χ1v) is 9.59. The highest BCUT2D eigenvalue weighted by atomic mass is 16.5. The Morgan fingerprint density at radius 2 is 1.86 bits per heavy atom. The third kappa shape index (κ3) is 3.88. The SMILES string of the molecule is COc1ccc(Cn2ccc3ccc(C(=O)N(O)CN4CCCC4)cc32)cc1. The molecular weight excluding hydrogens is 354 g/mol. The van der Waals surface area contributed by atoms with Crippen LogP contribution in [0, 0.1) is 0 Å². The summed E-state index contributed by atoms with van der Waals surface area (Å²) < 4.78 is 7.32. The van der Waals surface area contributed by atoms with Crippen LogP contribution in [0.5, 0.6) is 5.75 Å². The smallest absolute Gasteiger partial charge is 0.278 e. The minimum Gasteiger partial charge on any atom is -0.497 e. The van der Waals surface area contributed by atoms with Crippen LogP contribution in [0.2, 0.25) is 0 Å². The lowest BCUT2D eigenvalue weighted by Gasteiger charge is -2.22. The second-order valence-corrected chi connectivity index (χ2v) is 7.24. The lowest BCUT2D eigenvalue weighted by molar-refractivity contribution is -0.0855. The van der Waals surface area contributed by atoms with Gasteiger partial charge in [0.05, 0.1) is 7.11 Å². The molecule has 6 heteroatoms. The van der Waals surface area contributed by atoms with Crippen molar-refractivity contribution in [3.05, 3.63) is 65.9 Å². The quantitative estimate of drug-likeness (QED) is 0.525. The van der Waals surface area contributed by atoms with Gasteiger partial charge in [0.2, 0.25) is 0 Å². The largest absolute Gasteiger partial charge is 0.497 e. The third-order valence-corrected chi connectivity index (χ3v) is 5.30. The van der Waals surface area contributed by atoms with E-state index in [1.807, 2.05) is 48.7 Å². The topological polar surface area (TPSA) is 57.9 Å². The standard InChI is InChI=1S/C22H25N3O3/c1-28-20-8-4-17(5-9-20)15-24-13-10-18-6-7-19(14-21(18)24)22(26)25(27)16-23-11-2-3-12-23/h4-10,13-14,27H,2-3,11-12,15-16H2,1H3. The van der Waals surface area contributed by atoms with Crippen molar-refractivity contribution in [1.82, 2.24) is 14.5 Å². The fourth-order valence-electron chi connectivity index (χ4n) is 3.71. The van der Waals surface area contributed by atoms with Crippen LogP contribution in [0.3, 0.4) is 0 Å². The van der Waals surface area contributed by atoms with Gasteiger partial charge in [-0.1, -0.05) is 18.2 Å². The van der Waals surface area contributed by atoms with Crippen LogP contribution < -0.4 is 4.74 Å². The molecule has 1 amide bonds. The van der Waals surface area contributed by atoms with Gasteiger partial charge in [0.25, 0.3) is 5.91 Å². The van der Waals surface area contributed by atoms with Gasteiger partial charge >= 0.3 is 0 Å². The molecule has 1 saturated heterocycles. The molecule has 1 N–H and O–H groups in total. The Morgan fingerprint density at radius 3 is 2.57 bits per heavy atom. The summed E-state index contributed by atoms with van der Waals surface area (Å²) in [6, 6.07) is 15.5. The monoisotopic (exact) mass is 379 g/mol. The number of fused-ring (bicyclic) bond motifs is 1. The van der Waals surface area contributed by atoms with Crippen molar-refractivity contribution >= 4 is 16.8 Å². The van der Waals surface area contributed by atoms with E-state index in [2.05, 4.69) is 9.47 Å². The number of carbonyl (C=O) groups excluding carboxylic acids is 1. The highest BCUT2D eigenvalue weighted by Crippen LogP contribution is 2.21. The van der Waals surface area contributed by atoms with E-state index < -0.39 is 0 Å². The molecule has 0 atom stereocenters. The Bertz CT molecular complexity index is 959. The minimum atomic E-state index is -0.369. The predicted octanol–water partition coefficient (Wildman–Crippen LogP) is 3.58. The maximum absolute atomic E-state index is 12.7. The highest BCUT2D eigenvalue weighted by molar-refractivity contribution is 5.97. The summed E-state index contributed by atoms with van der Waals surface area (Å²) in [4.78, 5) is 14.8. The van der Waals surface area contributed by atoms with Crippen LogP contribution in [-0.2, 0) is 6.54 Å². The zero-order chi connectivity index (χ0) is 19.5. The number of methoxy groups -OCH3 is 1. The van der Waals surface area contributed by atoms with Crippen molar-refractivity contribution in [3.63, 3.8) is 0 Å². The average Bonchev–Trinajstić information content (AvgIpc) is 3.38. The van der Waals surface area contributed by atoms with Gasteiger partial charge in [0.15, 0.2) is 0 Å². The average molecular weight is 379 g/mol. The molecule has 146 valence electrons. The van der Waals surface area contributed by atoms with Crippen LogP contribution >= 0.6 is 0 Å². The summed E-state index contributed by atoms with van der Waals surface area (Å²) in [5.74, 6) is 0.459. The van der Waals surface area contributed by atoms with E-state index >= 15 is 0 Å². The molecule has 4 rings (SSSR count). The van der Waals surface area contributed by atoms with Gasteiger partial charge in [0.1, 0.15) is 12.4 Å². The first kappa shape index (κ1) is 18.5. The van der Waals surface area contributed by atoms with E-state index in [0.29, 0.717) is 12.1 Å². The Morgan fingerprint density at radius 1 is 1.11 bits per heavy atom. The lowest BCUT2D eigenvalue weighted by atomic mass is 10.1. The fourth-order valence-corrected chi connectivity index (χ4v) is 3.71. The van der Waals surface area contributed by atoms with Crippen molar-refractivity contribution in [3.8, 4) is 5.75 Å². The van der Waals surface area contributed by atoms with E-state index in [9.17, 15) is 10.0 Å². The molecule has 1 aromatic heterocycles. The van der Waals surface area contributed by atoms with Crippen molar-refractivity contribution < 1.29 is 14.7 Å². The first-order valence-electron chi connectivity index (χ1n) is 9.59. The number of likely N-dealkylation sites (tertiary alicyclic amines) is 1. The van der Waals surface area contributed by atoms with Gasteiger partial charge in [-0.3, -0.25) is 14.9 Å². The molecule has 2 heterocycles. The summed E-state index contributed by atoms with van der Waals surface area (Å²) >= 11 is 0. The molecule has 0 spiro atoms. The van der Waals surface area contributed by atoms with Crippen LogP contribution in [-0.4, -0.2) is 52.5 Å². The number of rotatable bonds is 6. The Labute approximate surface area is 164 Å². The number of hydrogen-bond acceptors (Lipinski definition) is 4. The van der Waals surface area contributed by atoms with Gasteiger partial charge in [0, 0.05) is 23.8 Å². The molecule has 1 aliphatic heterocycles. The summed E-state index contributed by atoms with van der Waals surface area (Å²) in [6.07, 6.45) is 4.25. The van der Waals surface area contributed by atoms with Gasteiger partial charge in [-0.05, 0) is 67.2 Å². The summed E-state index contributed by atoms with van der Waals surface area (Å²) in [5, 5.41) is 12.1. The van der Waals surface area contributed by atoms with Gasteiger partial charge in [-0.2, -0.15) is 0 Å². The van der Waals surface area contributed by atoms with E-state index in [4.69, 9.17) is 4.74 Å². The number of amides is 1. The maximum Gasteiger partial charge on any atom is 0.278 e. The number of benzene rings is 2. The number of hydroxylamine groups is 2. The number of aromatic nitrogens is 1. The van der Waals surface area contributed by atoms with Gasteiger partial charge in [-0.25, -0.2) is 5.06 Å². The molecule has 0 aliphatic carbocycles. The van der Waals surface area contributed by atoms with Crippen LogP contribution in [0.25, 0.3) is 10.9 Å². The normalized spacial score (nSPS) is 14.5. The van der Waals surface area contributed by atoms with Gasteiger partial charge < -0.3 is 9.30 Å². The van der Waals surface area contributed by atoms with Gasteiger partial charge in [-0.15, -0.1) is 0 Å². The predicted molar refractivity (Wildman–Crippen MR) is 108 cm³/mol. The lowest BCUT2D eigenvalue weighted by Crippen LogP contribution is -2.38. The Kier molecular flexibility index (Phi) is 5.32. The number of nitrogens with zero attached hydrogens (tertiary/aromatic N) is 3.